The first kappa shape index (κ1) is 21.4. The Labute approximate surface area is 183 Å². The second kappa shape index (κ2) is 9.09. The normalized spacial score (nSPS) is 18.3. The minimum Gasteiger partial charge on any atom is -0.348 e. The average molecular weight is 442 g/mol. The zero-order chi connectivity index (χ0) is 21.8. The van der Waals surface area contributed by atoms with Gasteiger partial charge in [-0.3, -0.25) is 13.9 Å². The van der Waals surface area contributed by atoms with Crippen molar-refractivity contribution in [2.45, 2.75) is 38.8 Å². The standard InChI is InChI=1S/C23H27N3O4S/c27-22-8-5-13-25(22)17-20-7-2-1-6-19(20)16-24-23(28)18-9-11-21(12-10-18)26-14-3-4-15-31(26,29)30/h1-2,6-7,9-12H,3-5,8,13-17H2,(H,24,28). The molecule has 164 valence electrons. The molecule has 2 fully saturated rings. The Balaban J connectivity index is 1.40. The van der Waals surface area contributed by atoms with E-state index in [0.717, 1.165) is 30.5 Å². The molecule has 2 saturated heterocycles. The lowest BCUT2D eigenvalue weighted by Gasteiger charge is -2.28. The Morgan fingerprint density at radius 2 is 1.68 bits per heavy atom. The van der Waals surface area contributed by atoms with Gasteiger partial charge in [0.2, 0.25) is 15.9 Å². The van der Waals surface area contributed by atoms with Gasteiger partial charge in [-0.2, -0.15) is 0 Å². The molecule has 1 N–H and O–H groups in total. The van der Waals surface area contributed by atoms with Gasteiger partial charge in [0.05, 0.1) is 11.4 Å². The van der Waals surface area contributed by atoms with Gasteiger partial charge in [-0.15, -0.1) is 0 Å². The molecule has 2 amide bonds. The Kier molecular flexibility index (Phi) is 6.27. The first-order valence-corrected chi connectivity index (χ1v) is 12.3. The third-order valence-corrected chi connectivity index (χ3v) is 7.73. The largest absolute Gasteiger partial charge is 0.348 e. The van der Waals surface area contributed by atoms with Crippen LogP contribution in [0.5, 0.6) is 0 Å². The van der Waals surface area contributed by atoms with E-state index in [9.17, 15) is 18.0 Å². The summed E-state index contributed by atoms with van der Waals surface area (Å²) in [5.41, 5.74) is 3.08. The van der Waals surface area contributed by atoms with Gasteiger partial charge >= 0.3 is 0 Å². The zero-order valence-corrected chi connectivity index (χ0v) is 18.2. The maximum absolute atomic E-state index is 12.6. The summed E-state index contributed by atoms with van der Waals surface area (Å²) in [6.45, 7) is 2.17. The lowest BCUT2D eigenvalue weighted by Crippen LogP contribution is -2.37. The molecule has 31 heavy (non-hydrogen) atoms. The van der Waals surface area contributed by atoms with E-state index in [-0.39, 0.29) is 17.6 Å². The van der Waals surface area contributed by atoms with Crippen LogP contribution in [0.15, 0.2) is 48.5 Å². The third kappa shape index (κ3) is 4.90. The van der Waals surface area contributed by atoms with Gasteiger partial charge in [-0.05, 0) is 54.7 Å². The summed E-state index contributed by atoms with van der Waals surface area (Å²) in [5, 5.41) is 2.93. The van der Waals surface area contributed by atoms with Crippen LogP contribution in [0.1, 0.15) is 47.2 Å². The van der Waals surface area contributed by atoms with E-state index in [1.807, 2.05) is 29.2 Å². The molecule has 2 aliphatic heterocycles. The van der Waals surface area contributed by atoms with Crippen LogP contribution in [0, 0.1) is 0 Å². The molecule has 2 aromatic rings. The quantitative estimate of drug-likeness (QED) is 0.747. The van der Waals surface area contributed by atoms with Crippen molar-refractivity contribution in [3.63, 3.8) is 0 Å². The highest BCUT2D eigenvalue weighted by Crippen LogP contribution is 2.24. The van der Waals surface area contributed by atoms with Crippen LogP contribution in [0.25, 0.3) is 0 Å². The van der Waals surface area contributed by atoms with Gasteiger partial charge in [0.25, 0.3) is 5.91 Å². The van der Waals surface area contributed by atoms with Crippen molar-refractivity contribution in [1.82, 2.24) is 10.2 Å². The average Bonchev–Trinajstić information content (AvgIpc) is 3.17. The van der Waals surface area contributed by atoms with Crippen molar-refractivity contribution < 1.29 is 18.0 Å². The van der Waals surface area contributed by atoms with Gasteiger partial charge in [-0.25, -0.2) is 8.42 Å². The Morgan fingerprint density at radius 1 is 0.935 bits per heavy atom. The lowest BCUT2D eigenvalue weighted by atomic mass is 10.1. The molecule has 0 bridgehead atoms. The van der Waals surface area contributed by atoms with Crippen LogP contribution >= 0.6 is 0 Å². The number of benzene rings is 2. The minimum absolute atomic E-state index is 0.164. The SMILES string of the molecule is O=C(NCc1ccccc1CN1CCCC1=O)c1ccc(N2CCCCS2(=O)=O)cc1. The lowest BCUT2D eigenvalue weighted by molar-refractivity contribution is -0.128. The Hall–Kier alpha value is -2.87. The molecule has 2 aromatic carbocycles. The molecule has 0 spiro atoms. The molecule has 0 radical (unpaired) electrons. The number of nitrogens with zero attached hydrogens (tertiary/aromatic N) is 2. The number of anilines is 1. The van der Waals surface area contributed by atoms with Crippen molar-refractivity contribution in [3.8, 4) is 0 Å². The second-order valence-corrected chi connectivity index (χ2v) is 10.0. The Bertz CT molecular complexity index is 1070. The first-order valence-electron chi connectivity index (χ1n) is 10.7. The number of sulfonamides is 1. The number of rotatable bonds is 6. The molecule has 4 rings (SSSR count). The maximum atomic E-state index is 12.6. The van der Waals surface area contributed by atoms with Crippen LogP contribution in [0.4, 0.5) is 5.69 Å². The topological polar surface area (TPSA) is 86.8 Å². The number of carbonyl (C=O) groups excluding carboxylic acids is 2. The van der Waals surface area contributed by atoms with E-state index in [0.29, 0.717) is 43.7 Å². The van der Waals surface area contributed by atoms with Gasteiger partial charge in [0, 0.05) is 38.2 Å². The predicted octanol–water partition coefficient (Wildman–Crippen LogP) is 2.67. The van der Waals surface area contributed by atoms with Gasteiger partial charge in [0.1, 0.15) is 0 Å². The van der Waals surface area contributed by atoms with E-state index in [2.05, 4.69) is 5.32 Å². The molecule has 2 aliphatic rings. The van der Waals surface area contributed by atoms with Crippen LogP contribution in [0.2, 0.25) is 0 Å². The van der Waals surface area contributed by atoms with E-state index < -0.39 is 10.0 Å². The monoisotopic (exact) mass is 441 g/mol. The van der Waals surface area contributed by atoms with Crippen LogP contribution in [-0.4, -0.2) is 44.0 Å². The smallest absolute Gasteiger partial charge is 0.251 e. The van der Waals surface area contributed by atoms with E-state index in [4.69, 9.17) is 0 Å². The van der Waals surface area contributed by atoms with Crippen molar-refractivity contribution in [1.29, 1.82) is 0 Å². The van der Waals surface area contributed by atoms with Gasteiger partial charge in [0.15, 0.2) is 0 Å². The molecular weight excluding hydrogens is 414 g/mol. The fourth-order valence-electron chi connectivity index (χ4n) is 4.10. The molecule has 7 nitrogen and oxygen atoms in total. The molecule has 0 aromatic heterocycles. The molecule has 0 atom stereocenters. The number of amides is 2. The number of hydrogen-bond acceptors (Lipinski definition) is 4. The molecular formula is C23H27N3O4S. The summed E-state index contributed by atoms with van der Waals surface area (Å²) in [6, 6.07) is 14.5. The van der Waals surface area contributed by atoms with Crippen molar-refractivity contribution in [2.24, 2.45) is 0 Å². The highest BCUT2D eigenvalue weighted by atomic mass is 32.2. The van der Waals surface area contributed by atoms with Gasteiger partial charge < -0.3 is 10.2 Å². The second-order valence-electron chi connectivity index (χ2n) is 8.01. The van der Waals surface area contributed by atoms with Crippen molar-refractivity contribution in [3.05, 3.63) is 65.2 Å². The third-order valence-electron chi connectivity index (χ3n) is 5.86. The molecule has 8 heteroatoms. The number of nitrogens with one attached hydrogen (secondary N) is 1. The first-order chi connectivity index (χ1) is 14.9. The fraction of sp³-hybridized carbons (Fsp3) is 0.391. The van der Waals surface area contributed by atoms with E-state index in [1.54, 1.807) is 24.3 Å². The summed E-state index contributed by atoms with van der Waals surface area (Å²) in [7, 11) is -3.27. The van der Waals surface area contributed by atoms with Crippen LogP contribution < -0.4 is 9.62 Å². The minimum atomic E-state index is -3.27. The van der Waals surface area contributed by atoms with Gasteiger partial charge in [-0.1, -0.05) is 24.3 Å². The highest BCUT2D eigenvalue weighted by Gasteiger charge is 2.26. The summed E-state index contributed by atoms with van der Waals surface area (Å²) in [4.78, 5) is 26.4. The van der Waals surface area contributed by atoms with E-state index >= 15 is 0 Å². The van der Waals surface area contributed by atoms with Crippen molar-refractivity contribution >= 4 is 27.5 Å². The molecule has 0 unspecified atom stereocenters. The number of likely N-dealkylation sites (tertiary alicyclic amines) is 1. The summed E-state index contributed by atoms with van der Waals surface area (Å²) in [6.07, 6.45) is 3.02. The molecule has 0 saturated carbocycles. The van der Waals surface area contributed by atoms with Crippen LogP contribution in [-0.2, 0) is 27.9 Å². The molecule has 0 aliphatic carbocycles. The summed E-state index contributed by atoms with van der Waals surface area (Å²) < 4.78 is 25.9. The maximum Gasteiger partial charge on any atom is 0.251 e. The highest BCUT2D eigenvalue weighted by molar-refractivity contribution is 7.92. The number of carbonyl (C=O) groups is 2. The summed E-state index contributed by atoms with van der Waals surface area (Å²) >= 11 is 0. The van der Waals surface area contributed by atoms with E-state index in [1.165, 1.54) is 4.31 Å². The van der Waals surface area contributed by atoms with Crippen LogP contribution in [0.3, 0.4) is 0 Å². The summed E-state index contributed by atoms with van der Waals surface area (Å²) in [5.74, 6) is 0.118. The number of hydrogen-bond donors (Lipinski definition) is 1. The fourth-order valence-corrected chi connectivity index (χ4v) is 5.74. The zero-order valence-electron chi connectivity index (χ0n) is 17.4. The predicted molar refractivity (Wildman–Crippen MR) is 119 cm³/mol. The van der Waals surface area contributed by atoms with Crippen molar-refractivity contribution in [2.75, 3.05) is 23.1 Å². The Morgan fingerprint density at radius 3 is 2.35 bits per heavy atom. The molecule has 2 heterocycles.